The molecule has 19 heavy (non-hydrogen) atoms. The minimum Gasteiger partial charge on any atom is -0.481 e. The molecular weight excluding hydrogens is 244 g/mol. The number of hydrogen-bond acceptors (Lipinski definition) is 2. The van der Waals surface area contributed by atoms with Crippen LogP contribution in [0.5, 0.6) is 0 Å². The number of hydrogen-bond donors (Lipinski definition) is 2. The Kier molecular flexibility index (Phi) is 4.02. The van der Waals surface area contributed by atoms with E-state index in [2.05, 4.69) is 5.32 Å². The smallest absolute Gasteiger partial charge is 0.317 e. The monoisotopic (exact) mass is 268 g/mol. The summed E-state index contributed by atoms with van der Waals surface area (Å²) < 4.78 is 0. The second-order valence-electron chi connectivity index (χ2n) is 6.44. The van der Waals surface area contributed by atoms with Crippen LogP contribution in [-0.4, -0.2) is 41.6 Å². The van der Waals surface area contributed by atoms with Gasteiger partial charge in [0.05, 0.1) is 5.41 Å². The molecule has 1 unspecified atom stereocenters. The quantitative estimate of drug-likeness (QED) is 0.818. The molecule has 108 valence electrons. The van der Waals surface area contributed by atoms with Crippen molar-refractivity contribution in [2.24, 2.45) is 17.3 Å². The maximum Gasteiger partial charge on any atom is 0.317 e. The average molecular weight is 268 g/mol. The van der Waals surface area contributed by atoms with E-state index in [0.717, 1.165) is 25.9 Å². The van der Waals surface area contributed by atoms with Crippen LogP contribution in [0.3, 0.4) is 0 Å². The normalized spacial score (nSPS) is 24.1. The first-order valence-corrected chi connectivity index (χ1v) is 7.17. The molecule has 1 atom stereocenters. The molecule has 1 saturated carbocycles. The van der Waals surface area contributed by atoms with E-state index in [4.69, 9.17) is 0 Å². The lowest BCUT2D eigenvalue weighted by atomic mass is 9.74. The number of rotatable bonds is 4. The molecule has 0 bridgehead atoms. The predicted octanol–water partition coefficient (Wildman–Crippen LogP) is 1.93. The first-order valence-electron chi connectivity index (χ1n) is 7.17. The molecule has 2 fully saturated rings. The van der Waals surface area contributed by atoms with Crippen LogP contribution in [0.2, 0.25) is 0 Å². The first-order chi connectivity index (χ1) is 8.91. The summed E-state index contributed by atoms with van der Waals surface area (Å²) in [6, 6.07) is -0.0298. The van der Waals surface area contributed by atoms with Crippen molar-refractivity contribution in [2.45, 2.75) is 39.5 Å². The van der Waals surface area contributed by atoms with Crippen LogP contribution in [0.15, 0.2) is 0 Å². The topological polar surface area (TPSA) is 69.6 Å². The second kappa shape index (κ2) is 5.39. The van der Waals surface area contributed by atoms with Gasteiger partial charge in [-0.2, -0.15) is 0 Å². The third-order valence-corrected chi connectivity index (χ3v) is 4.52. The number of amides is 2. The predicted molar refractivity (Wildman–Crippen MR) is 71.8 cm³/mol. The average Bonchev–Trinajstić information content (AvgIpc) is 3.20. The minimum absolute atomic E-state index is 0.0298. The second-order valence-corrected chi connectivity index (χ2v) is 6.44. The summed E-state index contributed by atoms with van der Waals surface area (Å²) in [6.45, 7) is 5.57. The standard InChI is InChI=1S/C14H24N2O3/c1-14(2,12(17)18)11-4-3-7-16(9-11)13(19)15-8-10-5-6-10/h10-11H,3-9H2,1-2H3,(H,15,19)(H,17,18). The van der Waals surface area contributed by atoms with Gasteiger partial charge >= 0.3 is 12.0 Å². The number of piperidine rings is 1. The van der Waals surface area contributed by atoms with E-state index < -0.39 is 11.4 Å². The van der Waals surface area contributed by atoms with Crippen molar-refractivity contribution >= 4 is 12.0 Å². The van der Waals surface area contributed by atoms with Crippen molar-refractivity contribution < 1.29 is 14.7 Å². The molecular formula is C14H24N2O3. The molecule has 1 saturated heterocycles. The van der Waals surface area contributed by atoms with E-state index >= 15 is 0 Å². The Bertz CT molecular complexity index is 364. The van der Waals surface area contributed by atoms with E-state index in [0.29, 0.717) is 12.5 Å². The van der Waals surface area contributed by atoms with Gasteiger partial charge in [0.15, 0.2) is 0 Å². The molecule has 1 aliphatic carbocycles. The number of nitrogens with one attached hydrogen (secondary N) is 1. The zero-order valence-corrected chi connectivity index (χ0v) is 11.8. The van der Waals surface area contributed by atoms with E-state index in [-0.39, 0.29) is 11.9 Å². The molecule has 0 aromatic carbocycles. The van der Waals surface area contributed by atoms with E-state index in [1.54, 1.807) is 18.7 Å². The molecule has 5 heteroatoms. The number of carboxylic acid groups (broad SMARTS) is 1. The fraction of sp³-hybridized carbons (Fsp3) is 0.857. The first kappa shape index (κ1) is 14.2. The fourth-order valence-corrected chi connectivity index (χ4v) is 2.59. The number of carbonyl (C=O) groups excluding carboxylic acids is 1. The van der Waals surface area contributed by atoms with Gasteiger partial charge in [0.2, 0.25) is 0 Å². The molecule has 1 aliphatic heterocycles. The Morgan fingerprint density at radius 2 is 2.00 bits per heavy atom. The van der Waals surface area contributed by atoms with Gasteiger partial charge in [-0.1, -0.05) is 0 Å². The van der Waals surface area contributed by atoms with Gasteiger partial charge in [0, 0.05) is 19.6 Å². The van der Waals surface area contributed by atoms with Crippen LogP contribution >= 0.6 is 0 Å². The van der Waals surface area contributed by atoms with Crippen LogP contribution in [0.4, 0.5) is 4.79 Å². The SMILES string of the molecule is CC(C)(C(=O)O)C1CCCN(C(=O)NCC2CC2)C1. The van der Waals surface area contributed by atoms with Gasteiger partial charge in [-0.25, -0.2) is 4.79 Å². The van der Waals surface area contributed by atoms with Crippen LogP contribution in [0.1, 0.15) is 39.5 Å². The Hall–Kier alpha value is -1.26. The Morgan fingerprint density at radius 1 is 1.32 bits per heavy atom. The van der Waals surface area contributed by atoms with Gasteiger partial charge in [-0.05, 0) is 51.4 Å². The number of urea groups is 1. The zero-order valence-electron chi connectivity index (χ0n) is 11.8. The highest BCUT2D eigenvalue weighted by molar-refractivity contribution is 5.76. The Balaban J connectivity index is 1.88. The van der Waals surface area contributed by atoms with Crippen molar-refractivity contribution in [1.29, 1.82) is 0 Å². The fourth-order valence-electron chi connectivity index (χ4n) is 2.59. The van der Waals surface area contributed by atoms with Gasteiger partial charge in [0.1, 0.15) is 0 Å². The molecule has 0 radical (unpaired) electrons. The third kappa shape index (κ3) is 3.39. The number of nitrogens with zero attached hydrogens (tertiary/aromatic N) is 1. The van der Waals surface area contributed by atoms with Crippen molar-refractivity contribution in [3.05, 3.63) is 0 Å². The molecule has 2 aliphatic rings. The number of aliphatic carboxylic acids is 1. The summed E-state index contributed by atoms with van der Waals surface area (Å²) >= 11 is 0. The Morgan fingerprint density at radius 3 is 2.58 bits per heavy atom. The molecule has 0 spiro atoms. The van der Waals surface area contributed by atoms with Gasteiger partial charge in [-0.15, -0.1) is 0 Å². The molecule has 1 heterocycles. The summed E-state index contributed by atoms with van der Waals surface area (Å²) in [6.07, 6.45) is 4.20. The maximum atomic E-state index is 12.0. The van der Waals surface area contributed by atoms with Gasteiger partial charge in [0.25, 0.3) is 0 Å². The lowest BCUT2D eigenvalue weighted by molar-refractivity contribution is -0.151. The molecule has 2 rings (SSSR count). The largest absolute Gasteiger partial charge is 0.481 e. The Labute approximate surface area is 114 Å². The highest BCUT2D eigenvalue weighted by Crippen LogP contribution is 2.34. The summed E-state index contributed by atoms with van der Waals surface area (Å²) in [5.41, 5.74) is -0.768. The summed E-state index contributed by atoms with van der Waals surface area (Å²) in [5, 5.41) is 12.2. The van der Waals surface area contributed by atoms with Crippen molar-refractivity contribution in [2.75, 3.05) is 19.6 Å². The lowest BCUT2D eigenvalue weighted by Gasteiger charge is -2.39. The summed E-state index contributed by atoms with van der Waals surface area (Å²) in [4.78, 5) is 25.1. The lowest BCUT2D eigenvalue weighted by Crippen LogP contribution is -2.50. The summed E-state index contributed by atoms with van der Waals surface area (Å²) in [7, 11) is 0. The molecule has 2 amide bonds. The third-order valence-electron chi connectivity index (χ3n) is 4.52. The molecule has 5 nitrogen and oxygen atoms in total. The van der Waals surface area contributed by atoms with Crippen LogP contribution in [0, 0.1) is 17.3 Å². The molecule has 0 aromatic rings. The molecule has 0 aromatic heterocycles. The maximum absolute atomic E-state index is 12.0. The highest BCUT2D eigenvalue weighted by Gasteiger charge is 2.40. The van der Waals surface area contributed by atoms with Crippen LogP contribution in [0.25, 0.3) is 0 Å². The highest BCUT2D eigenvalue weighted by atomic mass is 16.4. The van der Waals surface area contributed by atoms with Crippen molar-refractivity contribution in [3.8, 4) is 0 Å². The summed E-state index contributed by atoms with van der Waals surface area (Å²) in [5.74, 6) is -0.0804. The minimum atomic E-state index is -0.780. The number of carboxylic acids is 1. The zero-order chi connectivity index (χ0) is 14.0. The molecule has 2 N–H and O–H groups in total. The van der Waals surface area contributed by atoms with Crippen LogP contribution < -0.4 is 5.32 Å². The van der Waals surface area contributed by atoms with E-state index in [9.17, 15) is 14.7 Å². The van der Waals surface area contributed by atoms with Gasteiger partial charge in [-0.3, -0.25) is 4.79 Å². The van der Waals surface area contributed by atoms with E-state index in [1.165, 1.54) is 12.8 Å². The number of likely N-dealkylation sites (tertiary alicyclic amines) is 1. The van der Waals surface area contributed by atoms with Gasteiger partial charge < -0.3 is 15.3 Å². The number of carbonyl (C=O) groups is 2. The van der Waals surface area contributed by atoms with E-state index in [1.807, 2.05) is 0 Å². The van der Waals surface area contributed by atoms with Crippen molar-refractivity contribution in [1.82, 2.24) is 10.2 Å². The van der Waals surface area contributed by atoms with Crippen LogP contribution in [-0.2, 0) is 4.79 Å². The van der Waals surface area contributed by atoms with Crippen molar-refractivity contribution in [3.63, 3.8) is 0 Å².